The van der Waals surface area contributed by atoms with Gasteiger partial charge in [-0.05, 0) is 25.0 Å². The van der Waals surface area contributed by atoms with E-state index in [-0.39, 0.29) is 16.9 Å². The predicted molar refractivity (Wildman–Crippen MR) is 89.2 cm³/mol. The second-order valence-electron chi connectivity index (χ2n) is 5.34. The van der Waals surface area contributed by atoms with Crippen molar-refractivity contribution in [3.8, 4) is 0 Å². The molecule has 0 unspecified atom stereocenters. The van der Waals surface area contributed by atoms with Gasteiger partial charge < -0.3 is 5.32 Å². The van der Waals surface area contributed by atoms with Gasteiger partial charge in [-0.1, -0.05) is 19.4 Å². The number of nitro benzene ring substituents is 1. The van der Waals surface area contributed by atoms with Gasteiger partial charge >= 0.3 is 0 Å². The summed E-state index contributed by atoms with van der Waals surface area (Å²) in [5, 5.41) is 17.5. The Morgan fingerprint density at radius 3 is 2.75 bits per heavy atom. The van der Waals surface area contributed by atoms with Crippen LogP contribution >= 0.6 is 0 Å². The van der Waals surface area contributed by atoms with Gasteiger partial charge in [0.15, 0.2) is 0 Å². The Labute approximate surface area is 138 Å². The van der Waals surface area contributed by atoms with Crippen molar-refractivity contribution in [3.05, 3.63) is 62.1 Å². The molecule has 24 heavy (non-hydrogen) atoms. The van der Waals surface area contributed by atoms with Crippen LogP contribution in [0.2, 0.25) is 0 Å². The minimum absolute atomic E-state index is 0.0802. The van der Waals surface area contributed by atoms with Gasteiger partial charge in [0.05, 0.1) is 10.6 Å². The summed E-state index contributed by atoms with van der Waals surface area (Å²) in [6.45, 7) is 4.16. The molecule has 0 aliphatic carbocycles. The van der Waals surface area contributed by atoms with Crippen LogP contribution in [0.3, 0.4) is 0 Å². The van der Waals surface area contributed by atoms with Crippen molar-refractivity contribution in [2.75, 3.05) is 5.32 Å². The zero-order chi connectivity index (χ0) is 17.7. The molecule has 0 radical (unpaired) electrons. The first kappa shape index (κ1) is 17.3. The van der Waals surface area contributed by atoms with E-state index in [4.69, 9.17) is 0 Å². The van der Waals surface area contributed by atoms with E-state index in [1.54, 1.807) is 13.0 Å². The lowest BCUT2D eigenvalue weighted by Gasteiger charge is -2.09. The monoisotopic (exact) mass is 330 g/mol. The van der Waals surface area contributed by atoms with Crippen molar-refractivity contribution in [1.82, 2.24) is 9.78 Å². The fraction of sp³-hybridized carbons (Fsp3) is 0.312. The number of hydrogen-bond donors (Lipinski definition) is 1. The van der Waals surface area contributed by atoms with Gasteiger partial charge in [0.25, 0.3) is 17.2 Å². The van der Waals surface area contributed by atoms with Gasteiger partial charge in [0.1, 0.15) is 5.69 Å². The largest absolute Gasteiger partial charge is 0.320 e. The third-order valence-electron chi connectivity index (χ3n) is 3.50. The number of hydrogen-bond acceptors (Lipinski definition) is 5. The SMILES string of the molecule is CCCCn1nc(C(=O)Nc2cc([N+](=O)[O-])ccc2C)ccc1=O. The lowest BCUT2D eigenvalue weighted by molar-refractivity contribution is -0.384. The number of rotatable bonds is 6. The smallest absolute Gasteiger partial charge is 0.276 e. The summed E-state index contributed by atoms with van der Waals surface area (Å²) in [6.07, 6.45) is 1.68. The Balaban J connectivity index is 2.25. The second-order valence-corrected chi connectivity index (χ2v) is 5.34. The van der Waals surface area contributed by atoms with Crippen molar-refractivity contribution in [1.29, 1.82) is 0 Å². The number of nitro groups is 1. The summed E-state index contributed by atoms with van der Waals surface area (Å²) < 4.78 is 1.25. The summed E-state index contributed by atoms with van der Waals surface area (Å²) in [6, 6.07) is 6.85. The number of aromatic nitrogens is 2. The van der Waals surface area contributed by atoms with Crippen molar-refractivity contribution < 1.29 is 9.72 Å². The summed E-state index contributed by atoms with van der Waals surface area (Å²) in [4.78, 5) is 34.4. The molecule has 0 saturated heterocycles. The molecule has 2 rings (SSSR count). The first-order chi connectivity index (χ1) is 11.4. The van der Waals surface area contributed by atoms with Crippen LogP contribution in [0.1, 0.15) is 35.8 Å². The predicted octanol–water partition coefficient (Wildman–Crippen LogP) is 2.51. The molecule has 1 N–H and O–H groups in total. The molecule has 0 aliphatic rings. The summed E-state index contributed by atoms with van der Waals surface area (Å²) in [7, 11) is 0. The van der Waals surface area contributed by atoms with Gasteiger partial charge in [-0.2, -0.15) is 5.10 Å². The van der Waals surface area contributed by atoms with E-state index in [1.807, 2.05) is 6.92 Å². The van der Waals surface area contributed by atoms with Crippen LogP contribution in [0.5, 0.6) is 0 Å². The van der Waals surface area contributed by atoms with Crippen LogP contribution in [0, 0.1) is 17.0 Å². The third-order valence-corrected chi connectivity index (χ3v) is 3.50. The molecule has 0 bridgehead atoms. The third kappa shape index (κ3) is 4.03. The number of benzene rings is 1. The average Bonchev–Trinajstić information content (AvgIpc) is 2.55. The molecule has 8 nitrogen and oxygen atoms in total. The van der Waals surface area contributed by atoms with Gasteiger partial charge in [-0.15, -0.1) is 0 Å². The Kier molecular flexibility index (Phi) is 5.41. The van der Waals surface area contributed by atoms with E-state index in [0.717, 1.165) is 12.8 Å². The maximum Gasteiger partial charge on any atom is 0.276 e. The van der Waals surface area contributed by atoms with E-state index >= 15 is 0 Å². The van der Waals surface area contributed by atoms with E-state index in [9.17, 15) is 19.7 Å². The molecule has 0 atom stereocenters. The van der Waals surface area contributed by atoms with Gasteiger partial charge in [0.2, 0.25) is 0 Å². The van der Waals surface area contributed by atoms with Gasteiger partial charge in [0, 0.05) is 24.7 Å². The topological polar surface area (TPSA) is 107 Å². The molecule has 126 valence electrons. The number of carbonyl (C=O) groups is 1. The van der Waals surface area contributed by atoms with Crippen LogP contribution in [0.4, 0.5) is 11.4 Å². The Morgan fingerprint density at radius 2 is 2.08 bits per heavy atom. The molecular formula is C16H18N4O4. The van der Waals surface area contributed by atoms with E-state index < -0.39 is 10.8 Å². The van der Waals surface area contributed by atoms with Gasteiger partial charge in [-0.3, -0.25) is 19.7 Å². The highest BCUT2D eigenvalue weighted by molar-refractivity contribution is 6.03. The Morgan fingerprint density at radius 1 is 1.33 bits per heavy atom. The normalized spacial score (nSPS) is 10.4. The van der Waals surface area contributed by atoms with E-state index in [1.165, 1.54) is 28.9 Å². The number of unbranched alkanes of at least 4 members (excludes halogenated alkanes) is 1. The lowest BCUT2D eigenvalue weighted by Crippen LogP contribution is -2.26. The maximum atomic E-state index is 12.3. The molecule has 0 aliphatic heterocycles. The summed E-state index contributed by atoms with van der Waals surface area (Å²) in [5.41, 5.74) is 0.718. The number of nitrogens with one attached hydrogen (secondary N) is 1. The summed E-state index contributed by atoms with van der Waals surface area (Å²) >= 11 is 0. The maximum absolute atomic E-state index is 12.3. The number of non-ortho nitro benzene ring substituents is 1. The average molecular weight is 330 g/mol. The molecule has 0 fully saturated rings. The molecule has 2 aromatic rings. The van der Waals surface area contributed by atoms with Crippen molar-refractivity contribution in [2.24, 2.45) is 0 Å². The van der Waals surface area contributed by atoms with Crippen LogP contribution < -0.4 is 10.9 Å². The van der Waals surface area contributed by atoms with Crippen LogP contribution in [-0.4, -0.2) is 20.6 Å². The molecule has 1 heterocycles. The molecule has 8 heteroatoms. The second kappa shape index (κ2) is 7.49. The van der Waals surface area contributed by atoms with Crippen molar-refractivity contribution in [3.63, 3.8) is 0 Å². The lowest BCUT2D eigenvalue weighted by atomic mass is 10.1. The highest BCUT2D eigenvalue weighted by Gasteiger charge is 2.14. The Hall–Kier alpha value is -3.03. The molecule has 0 saturated carbocycles. The minimum atomic E-state index is -0.529. The first-order valence-electron chi connectivity index (χ1n) is 7.57. The summed E-state index contributed by atoms with van der Waals surface area (Å²) in [5.74, 6) is -0.524. The fourth-order valence-electron chi connectivity index (χ4n) is 2.08. The minimum Gasteiger partial charge on any atom is -0.320 e. The van der Waals surface area contributed by atoms with E-state index in [0.29, 0.717) is 17.8 Å². The van der Waals surface area contributed by atoms with Crippen molar-refractivity contribution >= 4 is 17.3 Å². The zero-order valence-electron chi connectivity index (χ0n) is 13.5. The standard InChI is InChI=1S/C16H18N4O4/c1-3-4-9-19-15(21)8-7-13(18-19)16(22)17-14-10-12(20(23)24)6-5-11(14)2/h5-8,10H,3-4,9H2,1-2H3,(H,17,22). The Bertz CT molecular complexity index is 829. The van der Waals surface area contributed by atoms with E-state index in [2.05, 4.69) is 10.4 Å². The van der Waals surface area contributed by atoms with Gasteiger partial charge in [-0.25, -0.2) is 4.68 Å². The fourth-order valence-corrected chi connectivity index (χ4v) is 2.08. The van der Waals surface area contributed by atoms with Crippen LogP contribution in [0.15, 0.2) is 35.1 Å². The molecule has 1 aromatic carbocycles. The molecule has 0 spiro atoms. The quantitative estimate of drug-likeness (QED) is 0.647. The first-order valence-corrected chi connectivity index (χ1v) is 7.57. The molecule has 1 amide bonds. The number of amides is 1. The zero-order valence-corrected chi connectivity index (χ0v) is 13.5. The van der Waals surface area contributed by atoms with Crippen molar-refractivity contribution in [2.45, 2.75) is 33.2 Å². The number of aryl methyl sites for hydroxylation is 2. The molecule has 1 aromatic heterocycles. The van der Waals surface area contributed by atoms with Crippen LogP contribution in [0.25, 0.3) is 0 Å². The number of anilines is 1. The number of carbonyl (C=O) groups excluding carboxylic acids is 1. The highest BCUT2D eigenvalue weighted by atomic mass is 16.6. The van der Waals surface area contributed by atoms with Crippen LogP contribution in [-0.2, 0) is 6.54 Å². The highest BCUT2D eigenvalue weighted by Crippen LogP contribution is 2.22. The number of nitrogens with zero attached hydrogens (tertiary/aromatic N) is 3. The molecular weight excluding hydrogens is 312 g/mol.